The zero-order chi connectivity index (χ0) is 12.8. The zero-order valence-corrected chi connectivity index (χ0v) is 11.2. The molecule has 1 rings (SSSR count). The Morgan fingerprint density at radius 3 is 2.76 bits per heavy atom. The molecule has 6 heteroatoms. The minimum Gasteiger partial charge on any atom is -0.469 e. The maximum absolute atomic E-state index is 11.5. The van der Waals surface area contributed by atoms with Crippen LogP contribution in [0.2, 0.25) is 0 Å². The molecule has 0 saturated heterocycles. The maximum atomic E-state index is 11.5. The van der Waals surface area contributed by atoms with Crippen molar-refractivity contribution in [3.8, 4) is 0 Å². The number of anilines is 1. The average molecular weight is 301 g/mol. The Balaban J connectivity index is 2.50. The second-order valence-corrected chi connectivity index (χ2v) is 4.30. The molecule has 0 aliphatic rings. The van der Waals surface area contributed by atoms with Crippen LogP contribution in [0.25, 0.3) is 0 Å². The van der Waals surface area contributed by atoms with E-state index in [2.05, 4.69) is 31.0 Å². The van der Waals surface area contributed by atoms with Gasteiger partial charge in [-0.25, -0.2) is 4.98 Å². The van der Waals surface area contributed by atoms with Crippen molar-refractivity contribution in [2.24, 2.45) is 0 Å². The zero-order valence-electron chi connectivity index (χ0n) is 9.62. The second kappa shape index (κ2) is 6.34. The van der Waals surface area contributed by atoms with Crippen molar-refractivity contribution >= 4 is 33.6 Å². The van der Waals surface area contributed by atoms with Crippen molar-refractivity contribution < 1.29 is 14.3 Å². The summed E-state index contributed by atoms with van der Waals surface area (Å²) in [5.41, 5.74) is 0.975. The summed E-state index contributed by atoms with van der Waals surface area (Å²) in [6.07, 6.45) is 1.77. The highest BCUT2D eigenvalue weighted by atomic mass is 79.9. The number of hydrogen-bond acceptors (Lipinski definition) is 4. The predicted molar refractivity (Wildman–Crippen MR) is 66.6 cm³/mol. The molecule has 0 radical (unpaired) electrons. The van der Waals surface area contributed by atoms with Crippen LogP contribution in [0.1, 0.15) is 18.4 Å². The van der Waals surface area contributed by atoms with E-state index in [1.165, 1.54) is 7.11 Å². The molecule has 0 bridgehead atoms. The maximum Gasteiger partial charge on any atom is 0.306 e. The number of aromatic nitrogens is 1. The molecule has 0 aliphatic heterocycles. The van der Waals surface area contributed by atoms with E-state index >= 15 is 0 Å². The molecule has 0 fully saturated rings. The molecule has 0 aromatic carbocycles. The van der Waals surface area contributed by atoms with Gasteiger partial charge in [0.2, 0.25) is 5.91 Å². The number of ether oxygens (including phenoxy) is 1. The van der Waals surface area contributed by atoms with Crippen LogP contribution in [-0.2, 0) is 14.3 Å². The van der Waals surface area contributed by atoms with E-state index in [4.69, 9.17) is 0 Å². The second-order valence-electron chi connectivity index (χ2n) is 3.44. The SMILES string of the molecule is COC(=O)CCC(=O)Nc1cc(C)c(Br)cn1. The Morgan fingerprint density at radius 1 is 1.47 bits per heavy atom. The molecule has 5 nitrogen and oxygen atoms in total. The number of esters is 1. The highest BCUT2D eigenvalue weighted by molar-refractivity contribution is 9.10. The van der Waals surface area contributed by atoms with Crippen molar-refractivity contribution in [3.63, 3.8) is 0 Å². The molecule has 0 spiro atoms. The van der Waals surface area contributed by atoms with Gasteiger partial charge in [0.25, 0.3) is 0 Å². The van der Waals surface area contributed by atoms with Crippen molar-refractivity contribution in [2.45, 2.75) is 19.8 Å². The molecule has 1 amide bonds. The lowest BCUT2D eigenvalue weighted by Gasteiger charge is -2.05. The lowest BCUT2D eigenvalue weighted by molar-refractivity contribution is -0.141. The van der Waals surface area contributed by atoms with Gasteiger partial charge in [-0.1, -0.05) is 0 Å². The normalized spacial score (nSPS) is 9.82. The summed E-state index contributed by atoms with van der Waals surface area (Å²) < 4.78 is 5.32. The van der Waals surface area contributed by atoms with Gasteiger partial charge in [-0.3, -0.25) is 9.59 Å². The largest absolute Gasteiger partial charge is 0.469 e. The number of hydrogen-bond donors (Lipinski definition) is 1. The number of rotatable bonds is 4. The summed E-state index contributed by atoms with van der Waals surface area (Å²) in [7, 11) is 1.29. The van der Waals surface area contributed by atoms with Gasteiger partial charge >= 0.3 is 5.97 Å². The fourth-order valence-electron chi connectivity index (χ4n) is 1.13. The molecule has 0 unspecified atom stereocenters. The summed E-state index contributed by atoms with van der Waals surface area (Å²) in [4.78, 5) is 26.3. The number of halogens is 1. The first-order valence-electron chi connectivity index (χ1n) is 5.01. The van der Waals surface area contributed by atoms with Crippen LogP contribution in [-0.4, -0.2) is 24.0 Å². The van der Waals surface area contributed by atoms with Gasteiger partial charge in [-0.15, -0.1) is 0 Å². The number of nitrogens with one attached hydrogen (secondary N) is 1. The minimum atomic E-state index is -0.403. The van der Waals surface area contributed by atoms with Gasteiger partial charge < -0.3 is 10.1 Å². The first kappa shape index (κ1) is 13.6. The number of nitrogens with zero attached hydrogens (tertiary/aromatic N) is 1. The number of pyridine rings is 1. The van der Waals surface area contributed by atoms with Crippen LogP contribution in [0.15, 0.2) is 16.7 Å². The fourth-order valence-corrected chi connectivity index (χ4v) is 1.35. The molecule has 17 heavy (non-hydrogen) atoms. The van der Waals surface area contributed by atoms with Crippen molar-refractivity contribution in [3.05, 3.63) is 22.3 Å². The Bertz CT molecular complexity index is 435. The molecular formula is C11H13BrN2O3. The van der Waals surface area contributed by atoms with Gasteiger partial charge in [0.1, 0.15) is 5.82 Å². The van der Waals surface area contributed by atoms with E-state index in [-0.39, 0.29) is 18.7 Å². The molecular weight excluding hydrogens is 288 g/mol. The molecule has 0 aliphatic carbocycles. The summed E-state index contributed by atoms with van der Waals surface area (Å²) >= 11 is 3.32. The van der Waals surface area contributed by atoms with E-state index < -0.39 is 5.97 Å². The average Bonchev–Trinajstić information content (AvgIpc) is 2.31. The van der Waals surface area contributed by atoms with Gasteiger partial charge in [0.15, 0.2) is 0 Å². The predicted octanol–water partition coefficient (Wildman–Crippen LogP) is 2.04. The minimum absolute atomic E-state index is 0.0673. The van der Waals surface area contributed by atoms with Crippen molar-refractivity contribution in [1.82, 2.24) is 4.98 Å². The molecule has 92 valence electrons. The quantitative estimate of drug-likeness (QED) is 0.864. The molecule has 1 aromatic heterocycles. The van der Waals surface area contributed by atoms with E-state index in [9.17, 15) is 9.59 Å². The van der Waals surface area contributed by atoms with Crippen LogP contribution >= 0.6 is 15.9 Å². The lowest BCUT2D eigenvalue weighted by Crippen LogP contribution is -2.14. The number of aryl methyl sites for hydroxylation is 1. The van der Waals surface area contributed by atoms with Gasteiger partial charge in [0, 0.05) is 17.1 Å². The van der Waals surface area contributed by atoms with E-state index in [1.807, 2.05) is 6.92 Å². The molecule has 0 saturated carbocycles. The topological polar surface area (TPSA) is 68.3 Å². The molecule has 1 aromatic rings. The van der Waals surface area contributed by atoms with Gasteiger partial charge in [-0.2, -0.15) is 0 Å². The number of carbonyl (C=O) groups is 2. The van der Waals surface area contributed by atoms with Gasteiger partial charge in [-0.05, 0) is 34.5 Å². The first-order chi connectivity index (χ1) is 8.02. The monoisotopic (exact) mass is 300 g/mol. The molecule has 0 atom stereocenters. The van der Waals surface area contributed by atoms with Crippen LogP contribution < -0.4 is 5.32 Å². The number of carbonyl (C=O) groups excluding carboxylic acids is 2. The third-order valence-electron chi connectivity index (χ3n) is 2.10. The summed E-state index contributed by atoms with van der Waals surface area (Å²) in [5.74, 6) is -0.190. The Hall–Kier alpha value is -1.43. The van der Waals surface area contributed by atoms with E-state index in [0.29, 0.717) is 5.82 Å². The summed E-state index contributed by atoms with van der Waals surface area (Å²) in [5, 5.41) is 2.61. The highest BCUT2D eigenvalue weighted by Crippen LogP contribution is 2.17. The standard InChI is InChI=1S/C11H13BrN2O3/c1-7-5-9(13-6-8(7)12)14-10(15)3-4-11(16)17-2/h5-6H,3-4H2,1-2H3,(H,13,14,15). The third-order valence-corrected chi connectivity index (χ3v) is 2.93. The van der Waals surface area contributed by atoms with Crippen LogP contribution in [0.4, 0.5) is 5.82 Å². The Morgan fingerprint density at radius 2 is 2.18 bits per heavy atom. The fraction of sp³-hybridized carbons (Fsp3) is 0.364. The lowest BCUT2D eigenvalue weighted by atomic mass is 10.2. The van der Waals surface area contributed by atoms with Crippen LogP contribution in [0.5, 0.6) is 0 Å². The Kier molecular flexibility index (Phi) is 5.09. The van der Waals surface area contributed by atoms with E-state index in [1.54, 1.807) is 12.3 Å². The summed E-state index contributed by atoms with van der Waals surface area (Å²) in [6.45, 7) is 1.90. The number of methoxy groups -OCH3 is 1. The smallest absolute Gasteiger partial charge is 0.306 e. The van der Waals surface area contributed by atoms with Crippen LogP contribution in [0.3, 0.4) is 0 Å². The highest BCUT2D eigenvalue weighted by Gasteiger charge is 2.08. The number of amides is 1. The third kappa shape index (κ3) is 4.52. The van der Waals surface area contributed by atoms with Gasteiger partial charge in [0.05, 0.1) is 13.5 Å². The first-order valence-corrected chi connectivity index (χ1v) is 5.81. The van der Waals surface area contributed by atoms with Crippen LogP contribution in [0, 0.1) is 6.92 Å². The Labute approximate surface area is 108 Å². The van der Waals surface area contributed by atoms with E-state index in [0.717, 1.165) is 10.0 Å². The molecule has 1 heterocycles. The van der Waals surface area contributed by atoms with Crippen molar-refractivity contribution in [2.75, 3.05) is 12.4 Å². The molecule has 1 N–H and O–H groups in total. The summed E-state index contributed by atoms with van der Waals surface area (Å²) in [6, 6.07) is 1.75. The van der Waals surface area contributed by atoms with Crippen molar-refractivity contribution in [1.29, 1.82) is 0 Å².